The first kappa shape index (κ1) is 17.5. The summed E-state index contributed by atoms with van der Waals surface area (Å²) in [5.74, 6) is -1.16. The molecule has 0 bridgehead atoms. The third-order valence-electron chi connectivity index (χ3n) is 4.61. The van der Waals surface area contributed by atoms with Crippen molar-refractivity contribution in [3.63, 3.8) is 0 Å². The van der Waals surface area contributed by atoms with E-state index in [0.717, 1.165) is 12.0 Å². The zero-order valence-corrected chi connectivity index (χ0v) is 15.2. The number of fused-ring (bicyclic) bond motifs is 1. The number of likely N-dealkylation sites (N-methyl/N-ethyl adjacent to an activating group) is 1. The fourth-order valence-electron chi connectivity index (χ4n) is 3.12. The molecule has 1 N–H and O–H groups in total. The maximum atomic E-state index is 13.2. The third kappa shape index (κ3) is 3.03. The Hall–Kier alpha value is -2.32. The van der Waals surface area contributed by atoms with E-state index in [1.807, 2.05) is 37.2 Å². The van der Waals surface area contributed by atoms with Crippen molar-refractivity contribution in [1.29, 1.82) is 0 Å². The molecule has 2 heterocycles. The Morgan fingerprint density at radius 3 is 2.56 bits per heavy atom. The van der Waals surface area contributed by atoms with Gasteiger partial charge in [0.25, 0.3) is 10.0 Å². The first-order valence-corrected chi connectivity index (χ1v) is 9.32. The topological polar surface area (TPSA) is 82.8 Å². The van der Waals surface area contributed by atoms with Gasteiger partial charge in [-0.05, 0) is 38.2 Å². The maximum absolute atomic E-state index is 13.2. The molecular formula is C17H21N3O4S. The molecule has 1 aromatic carbocycles. The molecule has 0 saturated carbocycles. The standard InChI is InChI=1S/C17H21N3O4S/c1-18(2)13-8-12-6-4-5-7-15(12)20(10-13)25(23,24)14-9-16(17(21)22)19(3)11-14/h4-7,9,11,13H,8,10H2,1-3H3,(H,21,22)/t13-/m1/s1. The molecule has 0 aliphatic carbocycles. The summed E-state index contributed by atoms with van der Waals surface area (Å²) < 4.78 is 29.1. The van der Waals surface area contributed by atoms with Crippen LogP contribution < -0.4 is 4.31 Å². The Morgan fingerprint density at radius 2 is 1.96 bits per heavy atom. The highest BCUT2D eigenvalue weighted by molar-refractivity contribution is 7.92. The Bertz CT molecular complexity index is 918. The van der Waals surface area contributed by atoms with Gasteiger partial charge < -0.3 is 14.6 Å². The summed E-state index contributed by atoms with van der Waals surface area (Å²) in [5, 5.41) is 9.19. The van der Waals surface area contributed by atoms with Crippen molar-refractivity contribution in [3.05, 3.63) is 47.8 Å². The second kappa shape index (κ2) is 6.20. The summed E-state index contributed by atoms with van der Waals surface area (Å²) in [4.78, 5) is 13.2. The van der Waals surface area contributed by atoms with Gasteiger partial charge in [-0.15, -0.1) is 0 Å². The average Bonchev–Trinajstić information content (AvgIpc) is 2.96. The maximum Gasteiger partial charge on any atom is 0.352 e. The SMILES string of the molecule is CN(C)[C@@H]1Cc2ccccc2N(S(=O)(=O)c2cc(C(=O)O)n(C)c2)C1. The monoisotopic (exact) mass is 363 g/mol. The van der Waals surface area contributed by atoms with Gasteiger partial charge in [-0.1, -0.05) is 18.2 Å². The van der Waals surface area contributed by atoms with Crippen LogP contribution in [0.15, 0.2) is 41.4 Å². The number of hydrogen-bond acceptors (Lipinski definition) is 4. The Kier molecular flexibility index (Phi) is 4.34. The highest BCUT2D eigenvalue weighted by atomic mass is 32.2. The number of benzene rings is 1. The van der Waals surface area contributed by atoms with Gasteiger partial charge in [-0.25, -0.2) is 13.2 Å². The lowest BCUT2D eigenvalue weighted by Gasteiger charge is -2.37. The van der Waals surface area contributed by atoms with E-state index in [0.29, 0.717) is 12.2 Å². The van der Waals surface area contributed by atoms with Gasteiger partial charge in [0.05, 0.1) is 12.2 Å². The molecular weight excluding hydrogens is 342 g/mol. The number of aryl methyl sites for hydroxylation is 1. The van der Waals surface area contributed by atoms with E-state index >= 15 is 0 Å². The van der Waals surface area contributed by atoms with E-state index in [9.17, 15) is 18.3 Å². The van der Waals surface area contributed by atoms with Gasteiger partial charge in [-0.2, -0.15) is 0 Å². The van der Waals surface area contributed by atoms with E-state index in [1.165, 1.54) is 28.2 Å². The van der Waals surface area contributed by atoms with Gasteiger partial charge in [0, 0.05) is 19.3 Å². The molecule has 1 aliphatic heterocycles. The molecule has 0 fully saturated rings. The molecule has 0 radical (unpaired) electrons. The van der Waals surface area contributed by atoms with Crippen molar-refractivity contribution in [2.75, 3.05) is 24.9 Å². The summed E-state index contributed by atoms with van der Waals surface area (Å²) in [7, 11) is 1.52. The van der Waals surface area contributed by atoms with Crippen molar-refractivity contribution in [1.82, 2.24) is 9.47 Å². The van der Waals surface area contributed by atoms with E-state index in [2.05, 4.69) is 0 Å². The molecule has 1 aromatic heterocycles. The molecule has 0 saturated heterocycles. The number of aromatic carboxylic acids is 1. The largest absolute Gasteiger partial charge is 0.477 e. The van der Waals surface area contributed by atoms with Crippen LogP contribution in [0.5, 0.6) is 0 Å². The Labute approximate surface area is 147 Å². The lowest BCUT2D eigenvalue weighted by molar-refractivity contribution is 0.0686. The zero-order valence-electron chi connectivity index (χ0n) is 14.4. The molecule has 7 nitrogen and oxygen atoms in total. The van der Waals surface area contributed by atoms with Gasteiger partial charge >= 0.3 is 5.97 Å². The minimum atomic E-state index is -3.85. The molecule has 8 heteroatoms. The second-order valence-electron chi connectivity index (χ2n) is 6.46. The van der Waals surface area contributed by atoms with E-state index in [4.69, 9.17) is 0 Å². The van der Waals surface area contributed by atoms with Crippen LogP contribution in [-0.4, -0.2) is 55.6 Å². The number of para-hydroxylation sites is 1. The summed E-state index contributed by atoms with van der Waals surface area (Å²) in [6.45, 7) is 0.323. The molecule has 25 heavy (non-hydrogen) atoms. The van der Waals surface area contributed by atoms with Crippen molar-refractivity contribution >= 4 is 21.7 Å². The predicted octanol–water partition coefficient (Wildman–Crippen LogP) is 1.40. The lowest BCUT2D eigenvalue weighted by Crippen LogP contribution is -2.47. The van der Waals surface area contributed by atoms with Gasteiger partial charge in [-0.3, -0.25) is 4.31 Å². The van der Waals surface area contributed by atoms with Crippen molar-refractivity contribution < 1.29 is 18.3 Å². The molecule has 3 rings (SSSR count). The van der Waals surface area contributed by atoms with Crippen LogP contribution in [0.25, 0.3) is 0 Å². The second-order valence-corrected chi connectivity index (χ2v) is 8.33. The van der Waals surface area contributed by atoms with Crippen molar-refractivity contribution in [3.8, 4) is 0 Å². The Balaban J connectivity index is 2.10. The molecule has 2 aromatic rings. The third-order valence-corrected chi connectivity index (χ3v) is 6.35. The molecule has 1 atom stereocenters. The summed E-state index contributed by atoms with van der Waals surface area (Å²) in [6.07, 6.45) is 2.12. The molecule has 1 aliphatic rings. The minimum absolute atomic E-state index is 0.0124. The van der Waals surface area contributed by atoms with E-state index < -0.39 is 16.0 Å². The highest BCUT2D eigenvalue weighted by Gasteiger charge is 2.35. The highest BCUT2D eigenvalue weighted by Crippen LogP contribution is 2.33. The van der Waals surface area contributed by atoms with Crippen LogP contribution >= 0.6 is 0 Å². The summed E-state index contributed by atoms with van der Waals surface area (Å²) in [5.41, 5.74) is 1.56. The van der Waals surface area contributed by atoms with Crippen LogP contribution in [0, 0.1) is 0 Å². The van der Waals surface area contributed by atoms with Crippen LogP contribution in [0.1, 0.15) is 16.1 Å². The van der Waals surface area contributed by atoms with Crippen LogP contribution in [0.3, 0.4) is 0 Å². The summed E-state index contributed by atoms with van der Waals surface area (Å²) in [6, 6.07) is 8.69. The number of anilines is 1. The number of carboxylic acids is 1. The number of rotatable bonds is 4. The Morgan fingerprint density at radius 1 is 1.28 bits per heavy atom. The molecule has 0 spiro atoms. The average molecular weight is 363 g/mol. The van der Waals surface area contributed by atoms with Crippen LogP contribution in [0.4, 0.5) is 5.69 Å². The number of aromatic nitrogens is 1. The number of nitrogens with zero attached hydrogens (tertiary/aromatic N) is 3. The first-order chi connectivity index (χ1) is 11.7. The van der Waals surface area contributed by atoms with Crippen molar-refractivity contribution in [2.24, 2.45) is 7.05 Å². The van der Waals surface area contributed by atoms with E-state index in [-0.39, 0.29) is 16.6 Å². The van der Waals surface area contributed by atoms with Gasteiger partial charge in [0.15, 0.2) is 0 Å². The number of carboxylic acid groups (broad SMARTS) is 1. The number of sulfonamides is 1. The summed E-state index contributed by atoms with van der Waals surface area (Å²) >= 11 is 0. The van der Waals surface area contributed by atoms with Crippen LogP contribution in [0.2, 0.25) is 0 Å². The normalized spacial score (nSPS) is 17.6. The van der Waals surface area contributed by atoms with Gasteiger partial charge in [0.2, 0.25) is 0 Å². The quantitative estimate of drug-likeness (QED) is 0.888. The fourth-order valence-corrected chi connectivity index (χ4v) is 4.74. The van der Waals surface area contributed by atoms with Crippen molar-refractivity contribution in [2.45, 2.75) is 17.4 Å². The minimum Gasteiger partial charge on any atom is -0.477 e. The predicted molar refractivity (Wildman–Crippen MR) is 94.5 cm³/mol. The van der Waals surface area contributed by atoms with Crippen LogP contribution in [-0.2, 0) is 23.5 Å². The molecule has 0 unspecified atom stereocenters. The number of carbonyl (C=O) groups is 1. The van der Waals surface area contributed by atoms with E-state index in [1.54, 1.807) is 6.07 Å². The zero-order chi connectivity index (χ0) is 18.4. The molecule has 0 amide bonds. The fraction of sp³-hybridized carbons (Fsp3) is 0.353. The number of hydrogen-bond donors (Lipinski definition) is 1. The molecule has 134 valence electrons. The smallest absolute Gasteiger partial charge is 0.352 e. The van der Waals surface area contributed by atoms with Gasteiger partial charge in [0.1, 0.15) is 10.6 Å². The first-order valence-electron chi connectivity index (χ1n) is 7.88. The lowest BCUT2D eigenvalue weighted by atomic mass is 9.99.